The summed E-state index contributed by atoms with van der Waals surface area (Å²) in [7, 11) is 0. The molecule has 1 aliphatic heterocycles. The Morgan fingerprint density at radius 3 is 1.63 bits per heavy atom. The van der Waals surface area contributed by atoms with Crippen molar-refractivity contribution in [2.75, 3.05) is 72.0 Å². The molecule has 0 aromatic heterocycles. The van der Waals surface area contributed by atoms with Crippen LogP contribution in [0.4, 0.5) is 5.69 Å². The van der Waals surface area contributed by atoms with Crippen LogP contribution in [0.5, 0.6) is 0 Å². The Balaban J connectivity index is 2.36. The summed E-state index contributed by atoms with van der Waals surface area (Å²) in [6, 6.07) is 5.40. The van der Waals surface area contributed by atoms with E-state index in [0.29, 0.717) is 51.3 Å². The fourth-order valence-corrected chi connectivity index (χ4v) is 4.42. The van der Waals surface area contributed by atoms with E-state index in [1.54, 1.807) is 21.9 Å². The van der Waals surface area contributed by atoms with Gasteiger partial charge in [0.15, 0.2) is 0 Å². The first-order valence-electron chi connectivity index (χ1n) is 11.9. The van der Waals surface area contributed by atoms with Crippen LogP contribution in [0.1, 0.15) is 5.56 Å². The van der Waals surface area contributed by atoms with Crippen LogP contribution < -0.4 is 0 Å². The number of nitro benzene ring substituents is 1. The zero-order valence-electron chi connectivity index (χ0n) is 20.8. The van der Waals surface area contributed by atoms with Crippen LogP contribution >= 0.6 is 0 Å². The highest BCUT2D eigenvalue weighted by molar-refractivity contribution is 5.72. The quantitative estimate of drug-likeness (QED) is 0.166. The SMILES string of the molecule is O=C(O)CN1CCN(CC(=O)O)CCN(C(Cc2ccc([N+](=O)[O-])cc2)CN(CC(=O)O)CC(=O)O)CC1. The van der Waals surface area contributed by atoms with Gasteiger partial charge in [-0.15, -0.1) is 0 Å². The highest BCUT2D eigenvalue weighted by atomic mass is 16.6. The minimum absolute atomic E-state index is 0.0352. The number of hydrogen-bond donors (Lipinski definition) is 4. The Kier molecular flexibility index (Phi) is 12.0. The van der Waals surface area contributed by atoms with Gasteiger partial charge in [-0.2, -0.15) is 0 Å². The van der Waals surface area contributed by atoms with Gasteiger partial charge in [0.05, 0.1) is 31.1 Å². The predicted molar refractivity (Wildman–Crippen MR) is 132 cm³/mol. The largest absolute Gasteiger partial charge is 0.480 e. The molecule has 0 bridgehead atoms. The third-order valence-corrected chi connectivity index (χ3v) is 6.18. The van der Waals surface area contributed by atoms with Crippen LogP contribution in [0.25, 0.3) is 0 Å². The van der Waals surface area contributed by atoms with E-state index < -0.39 is 47.9 Å². The molecule has 0 saturated carbocycles. The topological polar surface area (TPSA) is 205 Å². The Hall–Kier alpha value is -3.66. The summed E-state index contributed by atoms with van der Waals surface area (Å²) in [4.78, 5) is 62.7. The molecule has 0 aliphatic carbocycles. The highest BCUT2D eigenvalue weighted by Gasteiger charge is 2.27. The van der Waals surface area contributed by atoms with Gasteiger partial charge in [-0.25, -0.2) is 0 Å². The first-order valence-corrected chi connectivity index (χ1v) is 11.9. The van der Waals surface area contributed by atoms with E-state index in [1.165, 1.54) is 17.0 Å². The van der Waals surface area contributed by atoms with Gasteiger partial charge in [-0.1, -0.05) is 12.1 Å². The predicted octanol–water partition coefficient (Wildman–Crippen LogP) is -0.934. The Morgan fingerprint density at radius 2 is 1.24 bits per heavy atom. The maximum absolute atomic E-state index is 11.4. The van der Waals surface area contributed by atoms with Gasteiger partial charge in [0.2, 0.25) is 0 Å². The van der Waals surface area contributed by atoms with Crippen LogP contribution in [0.15, 0.2) is 24.3 Å². The zero-order chi connectivity index (χ0) is 28.2. The molecule has 1 aliphatic rings. The molecular formula is C23H33N5O10. The van der Waals surface area contributed by atoms with Crippen molar-refractivity contribution in [3.05, 3.63) is 39.9 Å². The van der Waals surface area contributed by atoms with E-state index in [-0.39, 0.29) is 25.3 Å². The number of carboxylic acids is 4. The number of nitro groups is 1. The fourth-order valence-electron chi connectivity index (χ4n) is 4.42. The molecule has 0 spiro atoms. The number of benzene rings is 1. The van der Waals surface area contributed by atoms with Crippen molar-refractivity contribution in [2.45, 2.75) is 12.5 Å². The van der Waals surface area contributed by atoms with Crippen LogP contribution in [-0.2, 0) is 25.6 Å². The monoisotopic (exact) mass is 539 g/mol. The first kappa shape index (κ1) is 30.6. The number of nitrogens with zero attached hydrogens (tertiary/aromatic N) is 5. The van der Waals surface area contributed by atoms with Crippen molar-refractivity contribution >= 4 is 29.6 Å². The maximum Gasteiger partial charge on any atom is 0.317 e. The lowest BCUT2D eigenvalue weighted by Gasteiger charge is -2.36. The van der Waals surface area contributed by atoms with E-state index in [1.807, 2.05) is 4.90 Å². The average molecular weight is 540 g/mol. The summed E-state index contributed by atoms with van der Waals surface area (Å²) in [5.41, 5.74) is 0.607. The molecular weight excluding hydrogens is 506 g/mol. The number of rotatable bonds is 14. The molecule has 1 fully saturated rings. The summed E-state index contributed by atoms with van der Waals surface area (Å²) < 4.78 is 0. The van der Waals surface area contributed by atoms with Crippen molar-refractivity contribution in [1.29, 1.82) is 0 Å². The number of hydrogen-bond acceptors (Lipinski definition) is 10. The minimum Gasteiger partial charge on any atom is -0.480 e. The number of carbonyl (C=O) groups is 4. The summed E-state index contributed by atoms with van der Waals surface area (Å²) in [6.45, 7) is 0.574. The number of non-ortho nitro benzene ring substituents is 1. The molecule has 210 valence electrons. The molecule has 4 N–H and O–H groups in total. The lowest BCUT2D eigenvalue weighted by atomic mass is 10.0. The van der Waals surface area contributed by atoms with Crippen molar-refractivity contribution in [3.8, 4) is 0 Å². The van der Waals surface area contributed by atoms with Crippen LogP contribution in [0.2, 0.25) is 0 Å². The van der Waals surface area contributed by atoms with E-state index >= 15 is 0 Å². The normalized spacial score (nSPS) is 16.8. The second-order valence-corrected chi connectivity index (χ2v) is 9.11. The maximum atomic E-state index is 11.4. The summed E-state index contributed by atoms with van der Waals surface area (Å²) in [5, 5.41) is 48.3. The van der Waals surface area contributed by atoms with Crippen LogP contribution in [0.3, 0.4) is 0 Å². The van der Waals surface area contributed by atoms with Gasteiger partial charge in [-0.3, -0.25) is 48.9 Å². The minimum atomic E-state index is -1.20. The van der Waals surface area contributed by atoms with Gasteiger partial charge in [0, 0.05) is 64.0 Å². The van der Waals surface area contributed by atoms with Crippen molar-refractivity contribution in [2.24, 2.45) is 0 Å². The molecule has 1 saturated heterocycles. The smallest absolute Gasteiger partial charge is 0.317 e. The average Bonchev–Trinajstić information content (AvgIpc) is 2.89. The van der Waals surface area contributed by atoms with Gasteiger partial charge in [-0.05, 0) is 12.0 Å². The second-order valence-electron chi connectivity index (χ2n) is 9.11. The van der Waals surface area contributed by atoms with E-state index in [4.69, 9.17) is 0 Å². The van der Waals surface area contributed by atoms with Gasteiger partial charge in [0.1, 0.15) is 0 Å². The lowest BCUT2D eigenvalue weighted by Crippen LogP contribution is -2.51. The molecule has 1 atom stereocenters. The zero-order valence-corrected chi connectivity index (χ0v) is 20.8. The molecule has 1 aromatic carbocycles. The third-order valence-electron chi connectivity index (χ3n) is 6.18. The molecule has 15 heteroatoms. The van der Waals surface area contributed by atoms with Gasteiger partial charge in [0.25, 0.3) is 5.69 Å². The van der Waals surface area contributed by atoms with Gasteiger partial charge < -0.3 is 20.4 Å². The van der Waals surface area contributed by atoms with E-state index in [9.17, 15) is 49.7 Å². The second kappa shape index (κ2) is 14.9. The number of aliphatic carboxylic acids is 4. The fraction of sp³-hybridized carbons (Fsp3) is 0.565. The molecule has 0 radical (unpaired) electrons. The molecule has 1 aromatic rings. The standard InChI is InChI=1S/C23H33N5O10/c29-20(30)13-24-5-6-25(14-21(31)32)8-10-27(9-7-24)19(12-26(15-22(33)34)16-23(35)36)11-17-1-3-18(4-2-17)28(37)38/h1-4,19H,5-16H2,(H,29,30)(H,31,32)(H,33,34)(H,35,36). The van der Waals surface area contributed by atoms with Crippen molar-refractivity contribution in [3.63, 3.8) is 0 Å². The summed E-state index contributed by atoms with van der Waals surface area (Å²) in [6.07, 6.45) is 0.297. The van der Waals surface area contributed by atoms with E-state index in [2.05, 4.69) is 0 Å². The Morgan fingerprint density at radius 1 is 0.789 bits per heavy atom. The molecule has 15 nitrogen and oxygen atoms in total. The highest BCUT2D eigenvalue weighted by Crippen LogP contribution is 2.17. The van der Waals surface area contributed by atoms with Crippen molar-refractivity contribution < 1.29 is 44.5 Å². The van der Waals surface area contributed by atoms with Crippen LogP contribution in [0, 0.1) is 10.1 Å². The first-order chi connectivity index (χ1) is 17.9. The lowest BCUT2D eigenvalue weighted by molar-refractivity contribution is -0.384. The molecule has 2 rings (SSSR count). The van der Waals surface area contributed by atoms with E-state index in [0.717, 1.165) is 0 Å². The summed E-state index contributed by atoms with van der Waals surface area (Å²) >= 11 is 0. The Labute approximate surface area is 218 Å². The molecule has 1 heterocycles. The van der Waals surface area contributed by atoms with Gasteiger partial charge >= 0.3 is 23.9 Å². The van der Waals surface area contributed by atoms with Crippen molar-refractivity contribution in [1.82, 2.24) is 19.6 Å². The molecule has 0 amide bonds. The Bertz CT molecular complexity index is 945. The summed E-state index contributed by atoms with van der Waals surface area (Å²) in [5.74, 6) is -4.47. The molecule has 38 heavy (non-hydrogen) atoms. The number of carboxylic acid groups (broad SMARTS) is 4. The van der Waals surface area contributed by atoms with Crippen LogP contribution in [-0.4, -0.2) is 147 Å². The third kappa shape index (κ3) is 11.2. The molecule has 1 unspecified atom stereocenters.